The lowest BCUT2D eigenvalue weighted by molar-refractivity contribution is -0.121. The van der Waals surface area contributed by atoms with Crippen LogP contribution in [0, 0.1) is 5.82 Å². The molecule has 2 amide bonds. The molecule has 0 fully saturated rings. The highest BCUT2D eigenvalue weighted by atomic mass is 32.2. The molecule has 4 heterocycles. The molecule has 0 saturated heterocycles. The van der Waals surface area contributed by atoms with Crippen molar-refractivity contribution in [3.05, 3.63) is 147 Å². The molecule has 0 bridgehead atoms. The molecule has 2 aromatic heterocycles. The van der Waals surface area contributed by atoms with Crippen LogP contribution in [-0.2, 0) is 22.6 Å². The lowest BCUT2D eigenvalue weighted by atomic mass is 9.84. The van der Waals surface area contributed by atoms with Crippen molar-refractivity contribution in [3.63, 3.8) is 0 Å². The van der Waals surface area contributed by atoms with E-state index in [1.165, 1.54) is 27.6 Å². The lowest BCUT2D eigenvalue weighted by Crippen LogP contribution is -2.53. The molecule has 45 heavy (non-hydrogen) atoms. The Labute approximate surface area is 263 Å². The normalized spacial score (nSPS) is 17.0. The fourth-order valence-corrected chi connectivity index (χ4v) is 7.98. The third kappa shape index (κ3) is 4.08. The van der Waals surface area contributed by atoms with Gasteiger partial charge in [0.2, 0.25) is 10.9 Å². The van der Waals surface area contributed by atoms with Gasteiger partial charge in [0, 0.05) is 16.9 Å². The van der Waals surface area contributed by atoms with Gasteiger partial charge in [-0.1, -0.05) is 102 Å². The van der Waals surface area contributed by atoms with Crippen LogP contribution >= 0.6 is 23.1 Å². The van der Waals surface area contributed by atoms with E-state index in [0.29, 0.717) is 21.3 Å². The summed E-state index contributed by atoms with van der Waals surface area (Å²) in [6, 6.07) is 29.6. The van der Waals surface area contributed by atoms with Gasteiger partial charge in [0.25, 0.3) is 11.8 Å². The summed E-state index contributed by atoms with van der Waals surface area (Å²) < 4.78 is 21.6. The summed E-state index contributed by atoms with van der Waals surface area (Å²) in [5.41, 5.74) is -0.0814. The fourth-order valence-electron chi connectivity index (χ4n) is 6.13. The number of aromatic nitrogens is 2. The van der Waals surface area contributed by atoms with Crippen LogP contribution in [0.2, 0.25) is 0 Å². The number of hydrogen-bond acceptors (Lipinski definition) is 8. The van der Waals surface area contributed by atoms with Crippen LogP contribution in [0.25, 0.3) is 11.0 Å². The minimum Gasteiger partial charge on any atom is -0.450 e. The number of carbonyl (C=O) groups is 2. The fraction of sp³-hybridized carbons (Fsp3) is 0.0882. The number of nitrogens with zero attached hydrogens (tertiary/aromatic N) is 4. The maximum Gasteiger partial charge on any atom is 0.297 e. The van der Waals surface area contributed by atoms with E-state index in [-0.39, 0.29) is 39.5 Å². The first-order valence-electron chi connectivity index (χ1n) is 14.0. The number of benzene rings is 4. The van der Waals surface area contributed by atoms with E-state index in [9.17, 15) is 18.8 Å². The molecule has 1 spiro atoms. The summed E-state index contributed by atoms with van der Waals surface area (Å²) in [6.45, 7) is -0.116. The average Bonchev–Trinajstić information content (AvgIpc) is 3.71. The Hall–Kier alpha value is -5.13. The Morgan fingerprint density at radius 2 is 1.58 bits per heavy atom. The van der Waals surface area contributed by atoms with Crippen LogP contribution in [0.3, 0.4) is 0 Å². The molecule has 0 N–H and O–H groups in total. The number of rotatable bonds is 6. The molecule has 220 valence electrons. The van der Waals surface area contributed by atoms with Crippen molar-refractivity contribution >= 4 is 56.7 Å². The van der Waals surface area contributed by atoms with Gasteiger partial charge in [0.1, 0.15) is 11.4 Å². The van der Waals surface area contributed by atoms with Crippen molar-refractivity contribution in [1.29, 1.82) is 0 Å². The second-order valence-electron chi connectivity index (χ2n) is 10.6. The summed E-state index contributed by atoms with van der Waals surface area (Å²) in [5, 5.41) is 9.09. The molecule has 4 aromatic carbocycles. The predicted molar refractivity (Wildman–Crippen MR) is 170 cm³/mol. The van der Waals surface area contributed by atoms with Gasteiger partial charge in [-0.3, -0.25) is 19.3 Å². The van der Waals surface area contributed by atoms with Gasteiger partial charge in [0.15, 0.2) is 15.3 Å². The summed E-state index contributed by atoms with van der Waals surface area (Å²) in [6.07, 6.45) is 0. The number of para-hydroxylation sites is 2. The third-order valence-corrected chi connectivity index (χ3v) is 10.2. The van der Waals surface area contributed by atoms with Gasteiger partial charge in [-0.15, -0.1) is 10.2 Å². The van der Waals surface area contributed by atoms with Gasteiger partial charge in [-0.2, -0.15) is 0 Å². The van der Waals surface area contributed by atoms with Crippen molar-refractivity contribution in [3.8, 4) is 0 Å². The molecule has 0 aliphatic carbocycles. The van der Waals surface area contributed by atoms with Crippen LogP contribution < -0.4 is 15.2 Å². The minimum absolute atomic E-state index is 0.0895. The molecule has 8 rings (SSSR count). The van der Waals surface area contributed by atoms with E-state index >= 15 is 0 Å². The number of carbonyl (C=O) groups excluding carboxylic acids is 2. The standard InChI is InChI=1S/C34H21FN4O4S2/c35-24-15-7-4-12-21(24)18-38-25-16-8-6-14-23(25)34(31(38)42)27-28(40)22-13-5-9-17-26(22)43-29(27)30(41)39(34)32-36-37-33(45-32)44-19-20-10-2-1-3-11-20/h1-17H,18-19H2. The minimum atomic E-state index is -1.94. The highest BCUT2D eigenvalue weighted by molar-refractivity contribution is 8.00. The maximum atomic E-state index is 15.0. The van der Waals surface area contributed by atoms with E-state index in [0.717, 1.165) is 16.9 Å². The highest BCUT2D eigenvalue weighted by Crippen LogP contribution is 2.55. The molecular formula is C34H21FN4O4S2. The predicted octanol–water partition coefficient (Wildman–Crippen LogP) is 6.53. The van der Waals surface area contributed by atoms with Crippen molar-refractivity contribution in [2.75, 3.05) is 9.80 Å². The number of anilines is 2. The van der Waals surface area contributed by atoms with E-state index in [1.807, 2.05) is 30.3 Å². The second-order valence-corrected chi connectivity index (χ2v) is 12.8. The van der Waals surface area contributed by atoms with Crippen LogP contribution in [-0.4, -0.2) is 22.0 Å². The first kappa shape index (κ1) is 27.4. The van der Waals surface area contributed by atoms with Crippen LogP contribution in [0.1, 0.15) is 32.8 Å². The number of thioether (sulfide) groups is 1. The SMILES string of the molecule is O=C1c2oc3ccccc3c(=O)c2C2(C(=O)N(Cc3ccccc3F)c3ccccc32)N1c1nnc(SCc2ccccc2)s1. The Morgan fingerprint density at radius 3 is 2.42 bits per heavy atom. The van der Waals surface area contributed by atoms with Crippen molar-refractivity contribution in [1.82, 2.24) is 10.2 Å². The Bertz CT molecular complexity index is 2220. The summed E-state index contributed by atoms with van der Waals surface area (Å²) in [7, 11) is 0. The zero-order valence-electron chi connectivity index (χ0n) is 23.3. The van der Waals surface area contributed by atoms with E-state index < -0.39 is 28.6 Å². The van der Waals surface area contributed by atoms with Gasteiger partial charge in [-0.05, 0) is 29.8 Å². The number of hydrogen-bond donors (Lipinski definition) is 0. The molecule has 0 saturated carbocycles. The molecule has 6 aromatic rings. The zero-order chi connectivity index (χ0) is 30.7. The Kier molecular flexibility index (Phi) is 6.40. The lowest BCUT2D eigenvalue weighted by Gasteiger charge is -2.32. The van der Waals surface area contributed by atoms with Gasteiger partial charge in [0.05, 0.1) is 23.2 Å². The largest absolute Gasteiger partial charge is 0.450 e. The van der Waals surface area contributed by atoms with E-state index in [4.69, 9.17) is 4.42 Å². The van der Waals surface area contributed by atoms with Gasteiger partial charge >= 0.3 is 0 Å². The first-order valence-corrected chi connectivity index (χ1v) is 15.8. The molecule has 11 heteroatoms. The molecule has 1 atom stereocenters. The topological polar surface area (TPSA) is 96.6 Å². The highest BCUT2D eigenvalue weighted by Gasteiger charge is 2.66. The van der Waals surface area contributed by atoms with Gasteiger partial charge in [-0.25, -0.2) is 4.39 Å². The maximum absolute atomic E-state index is 15.0. The Morgan fingerprint density at radius 1 is 0.844 bits per heavy atom. The van der Waals surface area contributed by atoms with Crippen LogP contribution in [0.5, 0.6) is 0 Å². The molecule has 2 aliphatic rings. The third-order valence-electron chi connectivity index (χ3n) is 8.11. The molecule has 2 aliphatic heterocycles. The quantitative estimate of drug-likeness (QED) is 0.152. The monoisotopic (exact) mass is 632 g/mol. The molecular weight excluding hydrogens is 612 g/mol. The first-order chi connectivity index (χ1) is 22.0. The molecule has 8 nitrogen and oxygen atoms in total. The van der Waals surface area contributed by atoms with Crippen LogP contribution in [0.4, 0.5) is 15.2 Å². The zero-order valence-corrected chi connectivity index (χ0v) is 25.0. The number of amides is 2. The smallest absolute Gasteiger partial charge is 0.297 e. The van der Waals surface area contributed by atoms with Crippen LogP contribution in [0.15, 0.2) is 117 Å². The second kappa shape index (κ2) is 10.5. The summed E-state index contributed by atoms with van der Waals surface area (Å²) >= 11 is 2.60. The van der Waals surface area contributed by atoms with Crippen molar-refractivity contribution in [2.45, 2.75) is 22.2 Å². The molecule has 0 radical (unpaired) electrons. The molecule has 1 unspecified atom stereocenters. The summed E-state index contributed by atoms with van der Waals surface area (Å²) in [5.74, 6) is -1.35. The van der Waals surface area contributed by atoms with E-state index in [1.54, 1.807) is 66.7 Å². The number of fused-ring (bicyclic) bond motifs is 5. The average molecular weight is 633 g/mol. The van der Waals surface area contributed by atoms with Gasteiger partial charge < -0.3 is 9.32 Å². The Balaban J connectivity index is 1.33. The van der Waals surface area contributed by atoms with E-state index in [2.05, 4.69) is 10.2 Å². The summed E-state index contributed by atoms with van der Waals surface area (Å²) in [4.78, 5) is 46.4. The van der Waals surface area contributed by atoms with Crippen molar-refractivity contribution in [2.24, 2.45) is 0 Å². The van der Waals surface area contributed by atoms with Crippen molar-refractivity contribution < 1.29 is 18.4 Å². The number of halogens is 1.